The lowest BCUT2D eigenvalue weighted by Gasteiger charge is -2.09. The Morgan fingerprint density at radius 2 is 1.95 bits per heavy atom. The van der Waals surface area contributed by atoms with Crippen LogP contribution in [0.4, 0.5) is 5.69 Å². The van der Waals surface area contributed by atoms with Crippen LogP contribution < -0.4 is 4.74 Å². The van der Waals surface area contributed by atoms with Gasteiger partial charge in [0.05, 0.1) is 10.5 Å². The van der Waals surface area contributed by atoms with Crippen molar-refractivity contribution in [3.63, 3.8) is 0 Å². The van der Waals surface area contributed by atoms with Crippen LogP contribution in [0.5, 0.6) is 11.5 Å². The number of nitro groups is 1. The molecular formula is C14H9ClN2O3. The van der Waals surface area contributed by atoms with Crippen LogP contribution in [0.1, 0.15) is 11.1 Å². The number of nitro benzene ring substituents is 1. The van der Waals surface area contributed by atoms with Crippen molar-refractivity contribution >= 4 is 17.3 Å². The molecule has 0 aliphatic rings. The normalized spacial score (nSPS) is 9.85. The molecule has 0 amide bonds. The first-order valence-corrected chi connectivity index (χ1v) is 6.01. The molecule has 0 N–H and O–H groups in total. The van der Waals surface area contributed by atoms with Crippen molar-refractivity contribution in [3.05, 3.63) is 62.7 Å². The minimum Gasteiger partial charge on any atom is -0.456 e. The van der Waals surface area contributed by atoms with Crippen molar-refractivity contribution in [2.45, 2.75) is 6.92 Å². The summed E-state index contributed by atoms with van der Waals surface area (Å²) in [5.41, 5.74) is 0.903. The van der Waals surface area contributed by atoms with Crippen molar-refractivity contribution < 1.29 is 9.66 Å². The van der Waals surface area contributed by atoms with E-state index in [1.54, 1.807) is 19.1 Å². The molecule has 2 aromatic rings. The topological polar surface area (TPSA) is 76.2 Å². The first-order valence-electron chi connectivity index (χ1n) is 5.64. The molecule has 0 unspecified atom stereocenters. The van der Waals surface area contributed by atoms with Crippen LogP contribution in [0, 0.1) is 28.4 Å². The average Bonchev–Trinajstić information content (AvgIpc) is 2.42. The number of halogens is 1. The highest BCUT2D eigenvalue weighted by molar-refractivity contribution is 6.30. The molecule has 0 heterocycles. The van der Waals surface area contributed by atoms with Gasteiger partial charge >= 0.3 is 0 Å². The maximum absolute atomic E-state index is 10.7. The number of hydrogen-bond donors (Lipinski definition) is 0. The Morgan fingerprint density at radius 3 is 2.55 bits per heavy atom. The van der Waals surface area contributed by atoms with Crippen LogP contribution >= 0.6 is 11.6 Å². The van der Waals surface area contributed by atoms with Gasteiger partial charge in [-0.3, -0.25) is 10.1 Å². The summed E-state index contributed by atoms with van der Waals surface area (Å²) in [5.74, 6) is 0.809. The molecule has 2 aromatic carbocycles. The van der Waals surface area contributed by atoms with E-state index >= 15 is 0 Å². The Kier molecular flexibility index (Phi) is 3.87. The lowest BCUT2D eigenvalue weighted by atomic mass is 10.2. The van der Waals surface area contributed by atoms with E-state index in [-0.39, 0.29) is 5.69 Å². The third-order valence-corrected chi connectivity index (χ3v) is 2.89. The van der Waals surface area contributed by atoms with Crippen LogP contribution in [-0.4, -0.2) is 4.92 Å². The zero-order valence-corrected chi connectivity index (χ0v) is 11.2. The number of benzene rings is 2. The molecule has 0 radical (unpaired) electrons. The van der Waals surface area contributed by atoms with E-state index in [1.807, 2.05) is 6.07 Å². The fourth-order valence-electron chi connectivity index (χ4n) is 1.66. The smallest absolute Gasteiger partial charge is 0.269 e. The van der Waals surface area contributed by atoms with E-state index in [0.717, 1.165) is 0 Å². The molecule has 0 aliphatic carbocycles. The van der Waals surface area contributed by atoms with Gasteiger partial charge in [-0.1, -0.05) is 11.6 Å². The maximum atomic E-state index is 10.7. The number of nitriles is 1. The third-order valence-electron chi connectivity index (χ3n) is 2.65. The minimum atomic E-state index is -0.472. The molecule has 0 saturated carbocycles. The van der Waals surface area contributed by atoms with E-state index in [0.29, 0.717) is 27.6 Å². The standard InChI is InChI=1S/C14H9ClN2O3/c1-9-6-12(17(18)19)3-5-13(9)20-14-4-2-11(15)7-10(14)8-16/h2-7H,1H3. The largest absolute Gasteiger partial charge is 0.456 e. The van der Waals surface area contributed by atoms with Gasteiger partial charge < -0.3 is 4.74 Å². The first kappa shape index (κ1) is 13.8. The second kappa shape index (κ2) is 5.59. The monoisotopic (exact) mass is 288 g/mol. The first-order chi connectivity index (χ1) is 9.51. The summed E-state index contributed by atoms with van der Waals surface area (Å²) in [6, 6.07) is 10.9. The van der Waals surface area contributed by atoms with Crippen LogP contribution in [0.2, 0.25) is 5.02 Å². The number of hydrogen-bond acceptors (Lipinski definition) is 4. The summed E-state index contributed by atoms with van der Waals surface area (Å²) in [7, 11) is 0. The van der Waals surface area contributed by atoms with E-state index < -0.39 is 4.92 Å². The Hall–Kier alpha value is -2.58. The van der Waals surface area contributed by atoms with Crippen LogP contribution in [0.3, 0.4) is 0 Å². The van der Waals surface area contributed by atoms with Gasteiger partial charge in [-0.25, -0.2) is 0 Å². The molecule has 20 heavy (non-hydrogen) atoms. The highest BCUT2D eigenvalue weighted by atomic mass is 35.5. The number of aryl methyl sites for hydroxylation is 1. The SMILES string of the molecule is Cc1cc([N+](=O)[O-])ccc1Oc1ccc(Cl)cc1C#N. The Bertz CT molecular complexity index is 723. The summed E-state index contributed by atoms with van der Waals surface area (Å²) < 4.78 is 5.62. The van der Waals surface area contributed by atoms with E-state index in [4.69, 9.17) is 21.6 Å². The molecule has 0 atom stereocenters. The summed E-state index contributed by atoms with van der Waals surface area (Å²) in [4.78, 5) is 10.2. The highest BCUT2D eigenvalue weighted by Crippen LogP contribution is 2.31. The molecule has 2 rings (SSSR count). The van der Waals surface area contributed by atoms with Crippen LogP contribution in [0.25, 0.3) is 0 Å². The molecule has 0 spiro atoms. The summed E-state index contributed by atoms with van der Waals surface area (Å²) >= 11 is 5.80. The maximum Gasteiger partial charge on any atom is 0.269 e. The Balaban J connectivity index is 2.36. The zero-order valence-electron chi connectivity index (χ0n) is 10.5. The van der Waals surface area contributed by atoms with E-state index in [9.17, 15) is 10.1 Å². The molecule has 0 saturated heterocycles. The number of rotatable bonds is 3. The molecule has 6 heteroatoms. The van der Waals surface area contributed by atoms with Crippen molar-refractivity contribution in [1.82, 2.24) is 0 Å². The van der Waals surface area contributed by atoms with Gasteiger partial charge in [-0.05, 0) is 36.8 Å². The highest BCUT2D eigenvalue weighted by Gasteiger charge is 2.11. The van der Waals surface area contributed by atoms with Crippen LogP contribution in [0.15, 0.2) is 36.4 Å². The Morgan fingerprint density at radius 1 is 1.25 bits per heavy atom. The van der Waals surface area contributed by atoms with Gasteiger partial charge in [0.25, 0.3) is 5.69 Å². The summed E-state index contributed by atoms with van der Waals surface area (Å²) in [6.07, 6.45) is 0. The summed E-state index contributed by atoms with van der Waals surface area (Å²) in [5, 5.41) is 20.1. The van der Waals surface area contributed by atoms with Crippen LogP contribution in [-0.2, 0) is 0 Å². The van der Waals surface area contributed by atoms with Gasteiger partial charge in [-0.2, -0.15) is 5.26 Å². The lowest BCUT2D eigenvalue weighted by molar-refractivity contribution is -0.384. The summed E-state index contributed by atoms with van der Waals surface area (Å²) in [6.45, 7) is 1.70. The number of ether oxygens (including phenoxy) is 1. The second-order valence-electron chi connectivity index (χ2n) is 4.06. The fraction of sp³-hybridized carbons (Fsp3) is 0.0714. The van der Waals surface area contributed by atoms with Gasteiger partial charge in [-0.15, -0.1) is 0 Å². The van der Waals surface area contributed by atoms with Gasteiger partial charge in [0, 0.05) is 17.2 Å². The predicted molar refractivity (Wildman–Crippen MR) is 74.1 cm³/mol. The fourth-order valence-corrected chi connectivity index (χ4v) is 1.83. The van der Waals surface area contributed by atoms with Crippen molar-refractivity contribution in [2.75, 3.05) is 0 Å². The van der Waals surface area contributed by atoms with Gasteiger partial charge in [0.1, 0.15) is 17.6 Å². The molecule has 5 nitrogen and oxygen atoms in total. The number of non-ortho nitro benzene ring substituents is 1. The number of nitrogens with zero attached hydrogens (tertiary/aromatic N) is 2. The minimum absolute atomic E-state index is 0.00790. The average molecular weight is 289 g/mol. The molecule has 0 bridgehead atoms. The quantitative estimate of drug-likeness (QED) is 0.626. The lowest BCUT2D eigenvalue weighted by Crippen LogP contribution is -1.93. The second-order valence-corrected chi connectivity index (χ2v) is 4.50. The molecule has 0 aliphatic heterocycles. The zero-order chi connectivity index (χ0) is 14.7. The Labute approximate surface area is 120 Å². The molecule has 100 valence electrons. The van der Waals surface area contributed by atoms with E-state index in [1.165, 1.54) is 24.3 Å². The van der Waals surface area contributed by atoms with E-state index in [2.05, 4.69) is 0 Å². The van der Waals surface area contributed by atoms with Gasteiger partial charge in [0.2, 0.25) is 0 Å². The predicted octanol–water partition coefficient (Wildman–Crippen LogP) is 4.22. The van der Waals surface area contributed by atoms with Crippen molar-refractivity contribution in [1.29, 1.82) is 5.26 Å². The molecule has 0 aromatic heterocycles. The van der Waals surface area contributed by atoms with Crippen molar-refractivity contribution in [2.24, 2.45) is 0 Å². The molecule has 0 fully saturated rings. The molecular weight excluding hydrogens is 280 g/mol. The van der Waals surface area contributed by atoms with Crippen molar-refractivity contribution in [3.8, 4) is 17.6 Å². The van der Waals surface area contributed by atoms with Gasteiger partial charge in [0.15, 0.2) is 0 Å². The third kappa shape index (κ3) is 2.87.